The van der Waals surface area contributed by atoms with E-state index in [9.17, 15) is 61.0 Å². The molecule has 0 radical (unpaired) electrons. The lowest BCUT2D eigenvalue weighted by Gasteiger charge is -2.48. The first-order valence-corrected chi connectivity index (χ1v) is 32.2. The van der Waals surface area contributed by atoms with Crippen molar-refractivity contribution in [3.8, 4) is 0 Å². The number of hydrogen-bond donors (Lipinski definition) is 12. The summed E-state index contributed by atoms with van der Waals surface area (Å²) in [5.41, 5.74) is 0. The summed E-state index contributed by atoms with van der Waals surface area (Å²) in [6, 6.07) is -1.00. The minimum Gasteiger partial charge on any atom is -0.394 e. The Hall–Kier alpha value is -2.77. The summed E-state index contributed by atoms with van der Waals surface area (Å²) in [5.74, 6) is -0.300. The fourth-order valence-electron chi connectivity index (χ4n) is 10.4. The molecular formula is C65H113NO18. The molecule has 3 fully saturated rings. The standard InChI is InChI=1S/C65H113NO18/c1-3-5-7-9-11-13-15-17-19-21-22-23-24-25-26-27-29-31-33-35-37-39-41-43-53(71)66-48(49(70)42-40-38-36-34-32-30-28-20-18-16-14-12-10-8-6-4-2)47-79-63-59(77)56(74)61(51(45-68)81-63)84-65-60(78)57(75)62(52(46-69)82-65)83-64-58(76)55(73)54(72)50(44-67)80-64/h15,17-18,20-22,24-25,32,34,40,42,48-52,54-65,67-70,72-78H,3-14,16,19,23,26-31,33,35-39,41,43-47H2,1-2H3,(H,66,71)/b17-15-,20-18+,22-21-,25-24-,34-32+,42-40+. The number of ether oxygens (including phenoxy) is 6. The van der Waals surface area contributed by atoms with Crippen LogP contribution in [0.15, 0.2) is 72.9 Å². The molecule has 0 spiro atoms. The zero-order valence-electron chi connectivity index (χ0n) is 50.9. The second-order valence-electron chi connectivity index (χ2n) is 22.8. The summed E-state index contributed by atoms with van der Waals surface area (Å²) in [6.45, 7) is 1.66. The van der Waals surface area contributed by atoms with Crippen molar-refractivity contribution in [2.45, 2.75) is 304 Å². The summed E-state index contributed by atoms with van der Waals surface area (Å²) in [6.07, 6.45) is 30.2. The molecule has 1 amide bonds. The molecule has 3 aliphatic rings. The predicted molar refractivity (Wildman–Crippen MR) is 323 cm³/mol. The van der Waals surface area contributed by atoms with Gasteiger partial charge in [-0.05, 0) is 83.5 Å². The summed E-state index contributed by atoms with van der Waals surface area (Å²) < 4.78 is 34.2. The quantitative estimate of drug-likeness (QED) is 0.0216. The highest BCUT2D eigenvalue weighted by molar-refractivity contribution is 5.76. The lowest BCUT2D eigenvalue weighted by atomic mass is 9.96. The zero-order valence-corrected chi connectivity index (χ0v) is 50.9. The largest absolute Gasteiger partial charge is 0.394 e. The van der Waals surface area contributed by atoms with Gasteiger partial charge >= 0.3 is 0 Å². The molecule has 12 N–H and O–H groups in total. The molecule has 0 bridgehead atoms. The van der Waals surface area contributed by atoms with E-state index >= 15 is 0 Å². The fourth-order valence-corrected chi connectivity index (χ4v) is 10.4. The van der Waals surface area contributed by atoms with E-state index in [4.69, 9.17) is 28.4 Å². The van der Waals surface area contributed by atoms with Gasteiger partial charge in [-0.15, -0.1) is 0 Å². The maximum absolute atomic E-state index is 13.4. The molecule has 19 heteroatoms. The van der Waals surface area contributed by atoms with Crippen LogP contribution in [0.25, 0.3) is 0 Å². The third-order valence-electron chi connectivity index (χ3n) is 15.7. The Labute approximate surface area is 502 Å². The number of allylic oxidation sites excluding steroid dienone is 11. The predicted octanol–water partition coefficient (Wildman–Crippen LogP) is 6.99. The van der Waals surface area contributed by atoms with Gasteiger partial charge in [0.15, 0.2) is 18.9 Å². The normalized spacial score (nSPS) is 29.7. The molecule has 84 heavy (non-hydrogen) atoms. The van der Waals surface area contributed by atoms with Crippen molar-refractivity contribution in [1.29, 1.82) is 0 Å². The van der Waals surface area contributed by atoms with Gasteiger partial charge in [0.2, 0.25) is 5.91 Å². The van der Waals surface area contributed by atoms with Crippen LogP contribution in [0, 0.1) is 0 Å². The van der Waals surface area contributed by atoms with Crippen molar-refractivity contribution >= 4 is 5.91 Å². The molecule has 19 nitrogen and oxygen atoms in total. The monoisotopic (exact) mass is 1200 g/mol. The number of carbonyl (C=O) groups excluding carboxylic acids is 1. The first-order valence-electron chi connectivity index (χ1n) is 32.2. The van der Waals surface area contributed by atoms with Crippen LogP contribution >= 0.6 is 0 Å². The Morgan fingerprint density at radius 1 is 0.429 bits per heavy atom. The Morgan fingerprint density at radius 2 is 0.798 bits per heavy atom. The number of rotatable bonds is 47. The average molecular weight is 1200 g/mol. The summed E-state index contributed by atoms with van der Waals surface area (Å²) in [7, 11) is 0. The lowest BCUT2D eigenvalue weighted by Crippen LogP contribution is -2.66. The van der Waals surface area contributed by atoms with Gasteiger partial charge in [0, 0.05) is 6.42 Å². The second-order valence-corrected chi connectivity index (χ2v) is 22.8. The van der Waals surface area contributed by atoms with Crippen LogP contribution in [0.3, 0.4) is 0 Å². The molecule has 3 aliphatic heterocycles. The highest BCUT2D eigenvalue weighted by Gasteiger charge is 2.53. The minimum atomic E-state index is -1.99. The molecule has 17 atom stereocenters. The maximum atomic E-state index is 13.4. The van der Waals surface area contributed by atoms with Crippen LogP contribution in [0.1, 0.15) is 200 Å². The molecule has 3 rings (SSSR count). The number of aliphatic hydroxyl groups is 11. The summed E-state index contributed by atoms with van der Waals surface area (Å²) in [5, 5.41) is 120. The van der Waals surface area contributed by atoms with Crippen molar-refractivity contribution in [1.82, 2.24) is 5.32 Å². The van der Waals surface area contributed by atoms with Crippen molar-refractivity contribution in [3.05, 3.63) is 72.9 Å². The molecule has 0 aromatic carbocycles. The SMILES string of the molecule is CCCCCCC/C=C\C/C=C\C/C=C\CCCCCCCCCCC(=O)NC(COC1OC(CO)C(OC2OC(CO)C(OC3OC(CO)C(O)C(O)C3O)C(O)C2O)C(O)C1O)C(O)/C=C/CC/C=C/CC/C=C/CCCCCCCC. The summed E-state index contributed by atoms with van der Waals surface area (Å²) in [4.78, 5) is 13.4. The van der Waals surface area contributed by atoms with Gasteiger partial charge in [-0.2, -0.15) is 0 Å². The van der Waals surface area contributed by atoms with Crippen molar-refractivity contribution in [2.24, 2.45) is 0 Å². The molecular weight excluding hydrogens is 1080 g/mol. The third kappa shape index (κ3) is 30.0. The average Bonchev–Trinajstić information content (AvgIpc) is 3.69. The minimum absolute atomic E-state index is 0.220. The molecule has 0 saturated carbocycles. The lowest BCUT2D eigenvalue weighted by molar-refractivity contribution is -0.379. The Bertz CT molecular complexity index is 1810. The fraction of sp³-hybridized carbons (Fsp3) is 0.800. The zero-order chi connectivity index (χ0) is 61.2. The van der Waals surface area contributed by atoms with E-state index in [-0.39, 0.29) is 18.9 Å². The molecule has 3 saturated heterocycles. The van der Waals surface area contributed by atoms with E-state index in [1.165, 1.54) is 96.3 Å². The first-order chi connectivity index (χ1) is 40.8. The Kier molecular flexibility index (Phi) is 42.5. The molecule has 486 valence electrons. The topological polar surface area (TPSA) is 307 Å². The summed E-state index contributed by atoms with van der Waals surface area (Å²) >= 11 is 0. The van der Waals surface area contributed by atoms with Gasteiger partial charge in [0.1, 0.15) is 73.2 Å². The number of nitrogens with one attached hydrogen (secondary N) is 1. The number of carbonyl (C=O) groups is 1. The van der Waals surface area contributed by atoms with Crippen LogP contribution in [0.2, 0.25) is 0 Å². The van der Waals surface area contributed by atoms with Gasteiger partial charge in [0.05, 0.1) is 38.6 Å². The highest BCUT2D eigenvalue weighted by atomic mass is 16.8. The Morgan fingerprint density at radius 3 is 1.27 bits per heavy atom. The third-order valence-corrected chi connectivity index (χ3v) is 15.7. The van der Waals surface area contributed by atoms with Gasteiger partial charge in [0.25, 0.3) is 0 Å². The van der Waals surface area contributed by atoms with Crippen LogP contribution < -0.4 is 5.32 Å². The number of unbranched alkanes of at least 4 members (excludes halogenated alkanes) is 21. The Balaban J connectivity index is 1.49. The van der Waals surface area contributed by atoms with E-state index in [2.05, 4.69) is 79.9 Å². The van der Waals surface area contributed by atoms with Crippen molar-refractivity contribution in [2.75, 3.05) is 26.4 Å². The van der Waals surface area contributed by atoms with E-state index < -0.39 is 124 Å². The number of amides is 1. The van der Waals surface area contributed by atoms with Gasteiger partial charge in [-0.1, -0.05) is 183 Å². The first kappa shape index (κ1) is 75.5. The van der Waals surface area contributed by atoms with Crippen LogP contribution in [0.4, 0.5) is 0 Å². The maximum Gasteiger partial charge on any atom is 0.220 e. The van der Waals surface area contributed by atoms with E-state index in [0.717, 1.165) is 70.6 Å². The van der Waals surface area contributed by atoms with Crippen molar-refractivity contribution < 1.29 is 89.4 Å². The van der Waals surface area contributed by atoms with E-state index in [1.54, 1.807) is 6.08 Å². The van der Waals surface area contributed by atoms with Crippen LogP contribution in [0.5, 0.6) is 0 Å². The smallest absolute Gasteiger partial charge is 0.220 e. The number of hydrogen-bond acceptors (Lipinski definition) is 18. The molecule has 0 aliphatic carbocycles. The van der Waals surface area contributed by atoms with E-state index in [1.807, 2.05) is 6.08 Å². The molecule has 0 aromatic rings. The molecule has 17 unspecified atom stereocenters. The van der Waals surface area contributed by atoms with Crippen LogP contribution in [-0.2, 0) is 33.2 Å². The second kappa shape index (κ2) is 47.3. The van der Waals surface area contributed by atoms with Crippen LogP contribution in [-0.4, -0.2) is 193 Å². The van der Waals surface area contributed by atoms with Gasteiger partial charge in [-0.3, -0.25) is 4.79 Å². The van der Waals surface area contributed by atoms with Gasteiger partial charge in [-0.25, -0.2) is 0 Å². The van der Waals surface area contributed by atoms with E-state index in [0.29, 0.717) is 12.8 Å². The number of aliphatic hydroxyl groups excluding tert-OH is 11. The van der Waals surface area contributed by atoms with Crippen molar-refractivity contribution in [3.63, 3.8) is 0 Å². The highest BCUT2D eigenvalue weighted by Crippen LogP contribution is 2.33. The molecule has 3 heterocycles. The molecule has 0 aromatic heterocycles. The van der Waals surface area contributed by atoms with Gasteiger partial charge < -0.3 is 89.9 Å².